The lowest BCUT2D eigenvalue weighted by Gasteiger charge is -2.39. The van der Waals surface area contributed by atoms with Crippen LogP contribution in [0.2, 0.25) is 0 Å². The molecule has 9 aromatic carbocycles. The highest BCUT2D eigenvalue weighted by atomic mass is 16.5. The first-order valence-corrected chi connectivity index (χ1v) is 23.7. The standard InChI is InChI=1S/C64H47N3O/c1-40(41-19-6-4-7-20-41)58(42-21-8-5-9-22-42)43-33-35-44(36-34-43)60-65-61(45-37-38-49-46-23-10-13-27-51(46)63(2,3)56(49)39-45)67-62(66-60)50-26-18-31-55-59(50)68-57-32-17-16-30-54(57)64(55)52-28-14-11-24-47(52)48-25-12-15-29-53(48)64/h4-40,58H,1-3H3. The summed E-state index contributed by atoms with van der Waals surface area (Å²) >= 11 is 0. The van der Waals surface area contributed by atoms with Crippen LogP contribution in [0.1, 0.15) is 82.7 Å². The smallest absolute Gasteiger partial charge is 0.167 e. The van der Waals surface area contributed by atoms with Crippen LogP contribution in [0.25, 0.3) is 56.4 Å². The van der Waals surface area contributed by atoms with Crippen molar-refractivity contribution in [2.45, 2.75) is 43.4 Å². The molecule has 4 nitrogen and oxygen atoms in total. The van der Waals surface area contributed by atoms with Gasteiger partial charge >= 0.3 is 0 Å². The van der Waals surface area contributed by atoms with E-state index in [4.69, 9.17) is 19.7 Å². The normalized spacial score (nSPS) is 14.9. The van der Waals surface area contributed by atoms with E-state index < -0.39 is 5.41 Å². The second-order valence-electron chi connectivity index (χ2n) is 19.1. The molecule has 0 saturated heterocycles. The van der Waals surface area contributed by atoms with Crippen LogP contribution >= 0.6 is 0 Å². The maximum absolute atomic E-state index is 7.14. The fourth-order valence-electron chi connectivity index (χ4n) is 11.9. The van der Waals surface area contributed by atoms with Crippen molar-refractivity contribution in [2.24, 2.45) is 0 Å². The van der Waals surface area contributed by atoms with Gasteiger partial charge in [0.1, 0.15) is 11.5 Å². The van der Waals surface area contributed by atoms with Crippen molar-refractivity contribution in [1.82, 2.24) is 15.0 Å². The molecule has 0 N–H and O–H groups in total. The molecule has 68 heavy (non-hydrogen) atoms. The lowest BCUT2D eigenvalue weighted by Crippen LogP contribution is -2.32. The summed E-state index contributed by atoms with van der Waals surface area (Å²) in [4.78, 5) is 16.2. The van der Waals surface area contributed by atoms with Crippen LogP contribution in [0, 0.1) is 0 Å². The predicted molar refractivity (Wildman–Crippen MR) is 274 cm³/mol. The third-order valence-electron chi connectivity index (χ3n) is 15.1. The van der Waals surface area contributed by atoms with Gasteiger partial charge in [-0.1, -0.05) is 221 Å². The molecule has 10 aromatic rings. The minimum absolute atomic E-state index is 0.144. The number of fused-ring (bicyclic) bond motifs is 12. The van der Waals surface area contributed by atoms with Gasteiger partial charge in [0.25, 0.3) is 0 Å². The van der Waals surface area contributed by atoms with Crippen molar-refractivity contribution in [3.8, 4) is 67.9 Å². The first kappa shape index (κ1) is 40.1. The molecule has 3 aliphatic rings. The Morgan fingerprint density at radius 2 is 0.838 bits per heavy atom. The van der Waals surface area contributed by atoms with E-state index in [1.54, 1.807) is 0 Å². The molecule has 2 heterocycles. The van der Waals surface area contributed by atoms with Gasteiger partial charge in [-0.2, -0.15) is 0 Å². The van der Waals surface area contributed by atoms with E-state index in [0.717, 1.165) is 39.3 Å². The first-order valence-electron chi connectivity index (χ1n) is 23.7. The Kier molecular flexibility index (Phi) is 9.10. The summed E-state index contributed by atoms with van der Waals surface area (Å²) in [5.41, 5.74) is 18.0. The first-order chi connectivity index (χ1) is 33.4. The minimum atomic E-state index is -0.616. The summed E-state index contributed by atoms with van der Waals surface area (Å²) in [6, 6.07) is 78.7. The Hall–Kier alpha value is -8.21. The molecule has 4 heteroatoms. The third kappa shape index (κ3) is 5.96. The van der Waals surface area contributed by atoms with Crippen molar-refractivity contribution >= 4 is 0 Å². The molecule has 1 aromatic heterocycles. The molecule has 324 valence electrons. The molecule has 0 bridgehead atoms. The van der Waals surface area contributed by atoms with E-state index in [9.17, 15) is 0 Å². The average molecular weight is 874 g/mol. The molecule has 0 amide bonds. The van der Waals surface area contributed by atoms with E-state index in [1.807, 2.05) is 0 Å². The monoisotopic (exact) mass is 873 g/mol. The fourth-order valence-corrected chi connectivity index (χ4v) is 11.9. The maximum Gasteiger partial charge on any atom is 0.167 e. The number of ether oxygens (including phenoxy) is 1. The summed E-state index contributed by atoms with van der Waals surface area (Å²) in [5.74, 6) is 3.74. The van der Waals surface area contributed by atoms with Crippen LogP contribution in [0.3, 0.4) is 0 Å². The molecule has 2 unspecified atom stereocenters. The van der Waals surface area contributed by atoms with Crippen molar-refractivity contribution in [3.63, 3.8) is 0 Å². The highest BCUT2D eigenvalue weighted by molar-refractivity contribution is 5.90. The van der Waals surface area contributed by atoms with Crippen LogP contribution in [0.5, 0.6) is 11.5 Å². The molecule has 2 aliphatic carbocycles. The molecular weight excluding hydrogens is 827 g/mol. The third-order valence-corrected chi connectivity index (χ3v) is 15.1. The number of hydrogen-bond donors (Lipinski definition) is 0. The predicted octanol–water partition coefficient (Wildman–Crippen LogP) is 15.6. The number of benzene rings is 9. The quantitative estimate of drug-likeness (QED) is 0.160. The lowest BCUT2D eigenvalue weighted by atomic mass is 9.66. The Bertz CT molecular complexity index is 3550. The van der Waals surface area contributed by atoms with E-state index in [-0.39, 0.29) is 17.3 Å². The van der Waals surface area contributed by atoms with Crippen molar-refractivity contribution in [2.75, 3.05) is 0 Å². The van der Waals surface area contributed by atoms with Gasteiger partial charge in [0.05, 0.1) is 11.0 Å². The number of hydrogen-bond acceptors (Lipinski definition) is 4. The molecule has 1 spiro atoms. The lowest BCUT2D eigenvalue weighted by molar-refractivity contribution is 0.437. The molecule has 0 saturated carbocycles. The van der Waals surface area contributed by atoms with Crippen LogP contribution in [-0.2, 0) is 10.8 Å². The summed E-state index contributed by atoms with van der Waals surface area (Å²) in [6.07, 6.45) is 0. The number of aromatic nitrogens is 3. The summed E-state index contributed by atoms with van der Waals surface area (Å²) in [5, 5.41) is 0. The molecule has 0 radical (unpaired) electrons. The molecule has 0 fully saturated rings. The van der Waals surface area contributed by atoms with Gasteiger partial charge in [0.2, 0.25) is 0 Å². The Morgan fingerprint density at radius 3 is 1.51 bits per heavy atom. The van der Waals surface area contributed by atoms with Crippen LogP contribution in [0.4, 0.5) is 0 Å². The Balaban J connectivity index is 1.00. The van der Waals surface area contributed by atoms with Crippen LogP contribution in [-0.4, -0.2) is 15.0 Å². The zero-order chi connectivity index (χ0) is 45.6. The van der Waals surface area contributed by atoms with Gasteiger partial charge in [-0.15, -0.1) is 0 Å². The van der Waals surface area contributed by atoms with Gasteiger partial charge in [-0.05, 0) is 85.3 Å². The van der Waals surface area contributed by atoms with Gasteiger partial charge in [-0.25, -0.2) is 15.0 Å². The number of para-hydroxylation sites is 2. The zero-order valence-corrected chi connectivity index (χ0v) is 38.2. The van der Waals surface area contributed by atoms with E-state index in [2.05, 4.69) is 239 Å². The van der Waals surface area contributed by atoms with Gasteiger partial charge < -0.3 is 4.74 Å². The minimum Gasteiger partial charge on any atom is -0.456 e. The zero-order valence-electron chi connectivity index (χ0n) is 38.2. The topological polar surface area (TPSA) is 47.9 Å². The molecular formula is C64H47N3O. The van der Waals surface area contributed by atoms with Gasteiger partial charge in [0.15, 0.2) is 17.5 Å². The van der Waals surface area contributed by atoms with Gasteiger partial charge in [0, 0.05) is 33.6 Å². The Morgan fingerprint density at radius 1 is 0.368 bits per heavy atom. The SMILES string of the molecule is CC(c1ccccc1)C(c1ccccc1)c1ccc(-c2nc(-c3ccc4c(c3)C(C)(C)c3ccccc3-4)nc(-c3cccc4c3Oc3ccccc3C43c4ccccc4-c4ccccc43)n2)cc1. The van der Waals surface area contributed by atoms with E-state index >= 15 is 0 Å². The van der Waals surface area contributed by atoms with E-state index in [1.165, 1.54) is 61.2 Å². The molecule has 1 aliphatic heterocycles. The molecule has 2 atom stereocenters. The fraction of sp³-hybridized carbons (Fsp3) is 0.109. The van der Waals surface area contributed by atoms with Gasteiger partial charge in [-0.3, -0.25) is 0 Å². The Labute approximate surface area is 397 Å². The summed E-state index contributed by atoms with van der Waals surface area (Å²) in [7, 11) is 0. The summed E-state index contributed by atoms with van der Waals surface area (Å²) in [6.45, 7) is 6.96. The van der Waals surface area contributed by atoms with Crippen molar-refractivity contribution in [3.05, 3.63) is 268 Å². The van der Waals surface area contributed by atoms with Crippen molar-refractivity contribution in [1.29, 1.82) is 0 Å². The number of rotatable bonds is 7. The summed E-state index contributed by atoms with van der Waals surface area (Å²) < 4.78 is 7.14. The average Bonchev–Trinajstić information content (AvgIpc) is 3.82. The largest absolute Gasteiger partial charge is 0.456 e. The second kappa shape index (κ2) is 15.4. The van der Waals surface area contributed by atoms with Crippen LogP contribution in [0.15, 0.2) is 218 Å². The highest BCUT2D eigenvalue weighted by Crippen LogP contribution is 2.63. The maximum atomic E-state index is 7.14. The second-order valence-corrected chi connectivity index (χ2v) is 19.1. The van der Waals surface area contributed by atoms with E-state index in [0.29, 0.717) is 17.5 Å². The highest BCUT2D eigenvalue weighted by Gasteiger charge is 2.51. The van der Waals surface area contributed by atoms with Crippen molar-refractivity contribution < 1.29 is 4.74 Å². The number of nitrogens with zero attached hydrogens (tertiary/aromatic N) is 3. The molecule has 13 rings (SSSR count). The van der Waals surface area contributed by atoms with Crippen LogP contribution < -0.4 is 4.74 Å².